The summed E-state index contributed by atoms with van der Waals surface area (Å²) < 4.78 is 0. The molecule has 0 aromatic heterocycles. The Labute approximate surface area is 117 Å². The summed E-state index contributed by atoms with van der Waals surface area (Å²) in [5.41, 5.74) is 0. The highest BCUT2D eigenvalue weighted by atomic mass is 16.1. The molecule has 1 heterocycles. The quantitative estimate of drug-likeness (QED) is 0.764. The predicted molar refractivity (Wildman–Crippen MR) is 78.1 cm³/mol. The number of nitrogens with zero attached hydrogens (tertiary/aromatic N) is 1. The first-order chi connectivity index (χ1) is 9.28. The van der Waals surface area contributed by atoms with Gasteiger partial charge >= 0.3 is 0 Å². The van der Waals surface area contributed by atoms with Gasteiger partial charge in [-0.15, -0.1) is 0 Å². The lowest BCUT2D eigenvalue weighted by atomic mass is 10.0. The van der Waals surface area contributed by atoms with Crippen LogP contribution in [0.25, 0.3) is 0 Å². The molecule has 110 valence electrons. The summed E-state index contributed by atoms with van der Waals surface area (Å²) in [5.74, 6) is 1.14. The Kier molecular flexibility index (Phi) is 6.11. The maximum absolute atomic E-state index is 11.7. The van der Waals surface area contributed by atoms with E-state index in [2.05, 4.69) is 15.5 Å². The Bertz CT molecular complexity index is 269. The first kappa shape index (κ1) is 14.8. The van der Waals surface area contributed by atoms with E-state index >= 15 is 0 Å². The van der Waals surface area contributed by atoms with Gasteiger partial charge in [0, 0.05) is 38.6 Å². The Balaban J connectivity index is 1.60. The molecule has 2 rings (SSSR count). The van der Waals surface area contributed by atoms with Gasteiger partial charge in [0.2, 0.25) is 5.91 Å². The third-order valence-electron chi connectivity index (χ3n) is 4.55. The highest BCUT2D eigenvalue weighted by Gasteiger charge is 2.23. The summed E-state index contributed by atoms with van der Waals surface area (Å²) in [4.78, 5) is 14.3. The largest absolute Gasteiger partial charge is 0.353 e. The van der Waals surface area contributed by atoms with Crippen LogP contribution in [-0.4, -0.2) is 50.1 Å². The van der Waals surface area contributed by atoms with Gasteiger partial charge in [0.05, 0.1) is 0 Å². The molecule has 1 aliphatic carbocycles. The molecule has 19 heavy (non-hydrogen) atoms. The van der Waals surface area contributed by atoms with E-state index in [-0.39, 0.29) is 5.91 Å². The number of amides is 1. The molecule has 1 amide bonds. The van der Waals surface area contributed by atoms with Crippen molar-refractivity contribution in [2.24, 2.45) is 5.92 Å². The molecule has 2 N–H and O–H groups in total. The SMILES string of the molecule is CNCCC(=O)NC1CCN(CC2CCCC2)CC1. The van der Waals surface area contributed by atoms with Gasteiger partial charge in [0.15, 0.2) is 0 Å². The lowest BCUT2D eigenvalue weighted by molar-refractivity contribution is -0.122. The van der Waals surface area contributed by atoms with E-state index in [0.717, 1.165) is 38.4 Å². The first-order valence-electron chi connectivity index (χ1n) is 7.94. The first-order valence-corrected chi connectivity index (χ1v) is 7.94. The van der Waals surface area contributed by atoms with Crippen molar-refractivity contribution in [1.29, 1.82) is 0 Å². The van der Waals surface area contributed by atoms with Crippen molar-refractivity contribution in [3.8, 4) is 0 Å². The van der Waals surface area contributed by atoms with E-state index in [1.165, 1.54) is 32.2 Å². The molecular formula is C15H29N3O. The molecule has 1 saturated heterocycles. The number of rotatable bonds is 6. The second-order valence-electron chi connectivity index (χ2n) is 6.15. The van der Waals surface area contributed by atoms with Crippen molar-refractivity contribution in [2.75, 3.05) is 33.2 Å². The Morgan fingerprint density at radius 2 is 1.84 bits per heavy atom. The number of hydrogen-bond donors (Lipinski definition) is 2. The second-order valence-corrected chi connectivity index (χ2v) is 6.15. The van der Waals surface area contributed by atoms with Gasteiger partial charge in [-0.05, 0) is 38.6 Å². The molecule has 0 aromatic carbocycles. The second kappa shape index (κ2) is 7.85. The topological polar surface area (TPSA) is 44.4 Å². The van der Waals surface area contributed by atoms with Crippen LogP contribution in [0.5, 0.6) is 0 Å². The van der Waals surface area contributed by atoms with Gasteiger partial charge in [-0.3, -0.25) is 4.79 Å². The Morgan fingerprint density at radius 3 is 2.47 bits per heavy atom. The molecule has 0 atom stereocenters. The van der Waals surface area contributed by atoms with E-state index < -0.39 is 0 Å². The van der Waals surface area contributed by atoms with Gasteiger partial charge in [0.25, 0.3) is 0 Å². The molecule has 0 spiro atoms. The van der Waals surface area contributed by atoms with E-state index in [1.54, 1.807) is 0 Å². The van der Waals surface area contributed by atoms with E-state index in [0.29, 0.717) is 12.5 Å². The molecule has 0 aromatic rings. The average molecular weight is 267 g/mol. The molecule has 4 heteroatoms. The third-order valence-corrected chi connectivity index (χ3v) is 4.55. The van der Waals surface area contributed by atoms with Gasteiger partial charge in [-0.1, -0.05) is 12.8 Å². The maximum atomic E-state index is 11.7. The lowest BCUT2D eigenvalue weighted by Gasteiger charge is -2.33. The molecular weight excluding hydrogens is 238 g/mol. The number of carbonyl (C=O) groups is 1. The minimum absolute atomic E-state index is 0.198. The minimum Gasteiger partial charge on any atom is -0.353 e. The molecule has 4 nitrogen and oxygen atoms in total. The van der Waals surface area contributed by atoms with E-state index in [1.807, 2.05) is 7.05 Å². The summed E-state index contributed by atoms with van der Waals surface area (Å²) in [6.45, 7) is 4.38. The van der Waals surface area contributed by atoms with Crippen LogP contribution in [0.1, 0.15) is 44.9 Å². The summed E-state index contributed by atoms with van der Waals surface area (Å²) in [6.07, 6.45) is 8.57. The zero-order valence-corrected chi connectivity index (χ0v) is 12.3. The standard InChI is InChI=1S/C15H29N3O/c1-16-9-6-15(19)17-14-7-10-18(11-8-14)12-13-4-2-3-5-13/h13-14,16H,2-12H2,1H3,(H,17,19). The molecule has 2 aliphatic rings. The number of carbonyl (C=O) groups excluding carboxylic acids is 1. The van der Waals surface area contributed by atoms with Crippen LogP contribution in [-0.2, 0) is 4.79 Å². The normalized spacial score (nSPS) is 22.8. The molecule has 1 aliphatic heterocycles. The zero-order valence-electron chi connectivity index (χ0n) is 12.3. The lowest BCUT2D eigenvalue weighted by Crippen LogP contribution is -2.46. The average Bonchev–Trinajstić information content (AvgIpc) is 2.91. The number of nitrogens with one attached hydrogen (secondary N) is 2. The Hall–Kier alpha value is -0.610. The molecule has 0 radical (unpaired) electrons. The molecule has 2 fully saturated rings. The van der Waals surface area contributed by atoms with Crippen LogP contribution >= 0.6 is 0 Å². The highest BCUT2D eigenvalue weighted by Crippen LogP contribution is 2.26. The highest BCUT2D eigenvalue weighted by molar-refractivity contribution is 5.76. The molecule has 0 unspecified atom stereocenters. The van der Waals surface area contributed by atoms with Crippen LogP contribution in [0.3, 0.4) is 0 Å². The van der Waals surface area contributed by atoms with Crippen molar-refractivity contribution in [2.45, 2.75) is 51.0 Å². The summed E-state index contributed by atoms with van der Waals surface area (Å²) in [5, 5.41) is 6.18. The van der Waals surface area contributed by atoms with Gasteiger partial charge in [0.1, 0.15) is 0 Å². The van der Waals surface area contributed by atoms with Crippen molar-refractivity contribution in [1.82, 2.24) is 15.5 Å². The van der Waals surface area contributed by atoms with E-state index in [4.69, 9.17) is 0 Å². The van der Waals surface area contributed by atoms with Gasteiger partial charge < -0.3 is 15.5 Å². The van der Waals surface area contributed by atoms with Gasteiger partial charge in [-0.2, -0.15) is 0 Å². The third kappa shape index (κ3) is 5.11. The van der Waals surface area contributed by atoms with Crippen LogP contribution < -0.4 is 10.6 Å². The fourth-order valence-corrected chi connectivity index (χ4v) is 3.36. The summed E-state index contributed by atoms with van der Waals surface area (Å²) >= 11 is 0. The number of piperidine rings is 1. The fourth-order valence-electron chi connectivity index (χ4n) is 3.36. The van der Waals surface area contributed by atoms with Crippen molar-refractivity contribution < 1.29 is 4.79 Å². The van der Waals surface area contributed by atoms with Crippen LogP contribution in [0.2, 0.25) is 0 Å². The van der Waals surface area contributed by atoms with Crippen LogP contribution in [0.15, 0.2) is 0 Å². The van der Waals surface area contributed by atoms with Gasteiger partial charge in [-0.25, -0.2) is 0 Å². The Morgan fingerprint density at radius 1 is 1.16 bits per heavy atom. The van der Waals surface area contributed by atoms with Crippen molar-refractivity contribution in [3.63, 3.8) is 0 Å². The monoisotopic (exact) mass is 267 g/mol. The summed E-state index contributed by atoms with van der Waals surface area (Å²) in [6, 6.07) is 0.407. The summed E-state index contributed by atoms with van der Waals surface area (Å²) in [7, 11) is 1.88. The fraction of sp³-hybridized carbons (Fsp3) is 0.933. The molecule has 1 saturated carbocycles. The van der Waals surface area contributed by atoms with Crippen molar-refractivity contribution >= 4 is 5.91 Å². The maximum Gasteiger partial charge on any atom is 0.221 e. The van der Waals surface area contributed by atoms with E-state index in [9.17, 15) is 4.79 Å². The number of hydrogen-bond acceptors (Lipinski definition) is 3. The number of likely N-dealkylation sites (tertiary alicyclic amines) is 1. The minimum atomic E-state index is 0.198. The predicted octanol–water partition coefficient (Wildman–Crippen LogP) is 1.37. The van der Waals surface area contributed by atoms with Crippen molar-refractivity contribution in [3.05, 3.63) is 0 Å². The smallest absolute Gasteiger partial charge is 0.221 e. The van der Waals surface area contributed by atoms with Crippen LogP contribution in [0, 0.1) is 5.92 Å². The van der Waals surface area contributed by atoms with Crippen LogP contribution in [0.4, 0.5) is 0 Å². The zero-order chi connectivity index (χ0) is 13.5. The molecule has 0 bridgehead atoms.